The van der Waals surface area contributed by atoms with Crippen molar-refractivity contribution in [2.24, 2.45) is 0 Å². The van der Waals surface area contributed by atoms with Crippen LogP contribution in [0.2, 0.25) is 0 Å². The van der Waals surface area contributed by atoms with Crippen LogP contribution in [0.4, 0.5) is 0 Å². The van der Waals surface area contributed by atoms with Crippen molar-refractivity contribution in [2.75, 3.05) is 13.2 Å². The van der Waals surface area contributed by atoms with Crippen LogP contribution >= 0.6 is 0 Å². The molecular weight excluding hydrogens is 342 g/mol. The van der Waals surface area contributed by atoms with E-state index in [1.165, 1.54) is 0 Å². The molecule has 25 heavy (non-hydrogen) atoms. The van der Waals surface area contributed by atoms with Gasteiger partial charge in [-0.15, -0.1) is 0 Å². The summed E-state index contributed by atoms with van der Waals surface area (Å²) in [6.45, 7) is 0.646. The van der Waals surface area contributed by atoms with Gasteiger partial charge in [0.05, 0.1) is 13.2 Å². The fourth-order valence-electron chi connectivity index (χ4n) is 4.13. The van der Waals surface area contributed by atoms with Crippen molar-refractivity contribution in [1.82, 2.24) is 0 Å². The summed E-state index contributed by atoms with van der Waals surface area (Å²) in [5, 5.41) is 20.5. The van der Waals surface area contributed by atoms with Crippen LogP contribution in [-0.2, 0) is 42.1 Å². The molecule has 6 heterocycles. The Morgan fingerprint density at radius 2 is 1.12 bits per heavy atom. The maximum atomic E-state index is 10.2. The Morgan fingerprint density at radius 1 is 0.680 bits per heavy atom. The van der Waals surface area contributed by atoms with Gasteiger partial charge in [-0.25, -0.2) is 0 Å². The second kappa shape index (κ2) is 5.59. The van der Waals surface area contributed by atoms with Gasteiger partial charge in [0, 0.05) is 0 Å². The molecule has 11 nitrogen and oxygen atoms in total. The molecule has 2 N–H and O–H groups in total. The lowest BCUT2D eigenvalue weighted by atomic mass is 9.91. The van der Waals surface area contributed by atoms with E-state index in [-0.39, 0.29) is 12.2 Å². The third-order valence-electron chi connectivity index (χ3n) is 5.38. The molecule has 0 amide bonds. The Morgan fingerprint density at radius 3 is 1.60 bits per heavy atom. The molecule has 6 rings (SSSR count). The Hall–Kier alpha value is -0.310. The van der Waals surface area contributed by atoms with Gasteiger partial charge in [0.15, 0.2) is 12.6 Å². The molecule has 6 aliphatic rings. The molecule has 0 saturated carbocycles. The zero-order valence-electron chi connectivity index (χ0n) is 12.9. The predicted octanol–water partition coefficient (Wildman–Crippen LogP) is -3.23. The van der Waals surface area contributed by atoms with Crippen LogP contribution in [0.25, 0.3) is 0 Å². The van der Waals surface area contributed by atoms with E-state index < -0.39 is 63.8 Å². The monoisotopic (exact) mass is 358 g/mol. The van der Waals surface area contributed by atoms with Crippen molar-refractivity contribution >= 4 is 14.6 Å². The highest BCUT2D eigenvalue weighted by atomic mass is 16.9. The molecule has 10 atom stereocenters. The summed E-state index contributed by atoms with van der Waals surface area (Å²) < 4.78 is 50.1. The number of aliphatic hydroxyl groups excluding tert-OH is 2. The molecular formula is C12H16B2O11. The number of rotatable bonds is 2. The van der Waals surface area contributed by atoms with E-state index >= 15 is 0 Å². The molecule has 6 unspecified atom stereocenters. The van der Waals surface area contributed by atoms with Crippen LogP contribution in [0, 0.1) is 0 Å². The summed E-state index contributed by atoms with van der Waals surface area (Å²) in [6, 6.07) is 0. The molecule has 6 fully saturated rings. The minimum atomic E-state index is -1.12. The van der Waals surface area contributed by atoms with Gasteiger partial charge >= 0.3 is 14.6 Å². The van der Waals surface area contributed by atoms with Gasteiger partial charge in [0.25, 0.3) is 0 Å². The summed E-state index contributed by atoms with van der Waals surface area (Å²) in [7, 11) is -2.23. The van der Waals surface area contributed by atoms with E-state index in [2.05, 4.69) is 0 Å². The average molecular weight is 358 g/mol. The molecule has 136 valence electrons. The number of hydrogen-bond donors (Lipinski definition) is 2. The second-order valence-electron chi connectivity index (χ2n) is 6.85. The smallest absolute Gasteiger partial charge is 0.399 e. The quantitative estimate of drug-likeness (QED) is 0.485. The zero-order chi connectivity index (χ0) is 16.7. The second-order valence-corrected chi connectivity index (χ2v) is 6.85. The number of fused-ring (bicyclic) bond motifs is 12. The number of ether oxygens (including phenoxy) is 4. The van der Waals surface area contributed by atoms with Crippen LogP contribution in [0.1, 0.15) is 0 Å². The molecule has 0 aromatic rings. The highest BCUT2D eigenvalue weighted by Gasteiger charge is 2.61. The van der Waals surface area contributed by atoms with Crippen LogP contribution in [-0.4, -0.2) is 99.5 Å². The molecule has 0 radical (unpaired) electrons. The Bertz CT molecular complexity index is 469. The molecule has 0 aliphatic carbocycles. The van der Waals surface area contributed by atoms with E-state index in [0.717, 1.165) is 0 Å². The highest BCUT2D eigenvalue weighted by molar-refractivity contribution is 6.52. The minimum Gasteiger partial charge on any atom is -0.399 e. The topological polar surface area (TPSA) is 124 Å². The number of hydrogen-bond acceptors (Lipinski definition) is 11. The molecule has 6 saturated heterocycles. The van der Waals surface area contributed by atoms with E-state index in [9.17, 15) is 10.2 Å². The highest BCUT2D eigenvalue weighted by Crippen LogP contribution is 2.38. The minimum absolute atomic E-state index is 0.323. The zero-order valence-corrected chi connectivity index (χ0v) is 12.9. The Kier molecular flexibility index (Phi) is 3.52. The van der Waals surface area contributed by atoms with E-state index in [4.69, 9.17) is 42.1 Å². The normalized spacial score (nSPS) is 56.4. The Labute approximate surface area is 142 Å². The molecule has 0 aromatic heterocycles. The SMILES string of the molecule is O[C@@H]1C2OB(OB3OC4C5OC[C@@H](O5)C(O3)[C@@H]4O)OC1[C@@H]1COC2O1. The molecule has 0 spiro atoms. The largest absolute Gasteiger partial charge is 0.628 e. The van der Waals surface area contributed by atoms with Crippen LogP contribution in [0.15, 0.2) is 0 Å². The molecule has 0 aromatic carbocycles. The maximum absolute atomic E-state index is 10.2. The summed E-state index contributed by atoms with van der Waals surface area (Å²) in [5.41, 5.74) is 0. The van der Waals surface area contributed by atoms with Gasteiger partial charge in [0.1, 0.15) is 48.8 Å². The summed E-state index contributed by atoms with van der Waals surface area (Å²) in [5.74, 6) is 0. The van der Waals surface area contributed by atoms with E-state index in [1.807, 2.05) is 0 Å². The first-order valence-electron chi connectivity index (χ1n) is 8.35. The molecule has 8 bridgehead atoms. The van der Waals surface area contributed by atoms with E-state index in [0.29, 0.717) is 13.2 Å². The van der Waals surface area contributed by atoms with Gasteiger partial charge in [-0.1, -0.05) is 0 Å². The van der Waals surface area contributed by atoms with Gasteiger partial charge in [-0.05, 0) is 0 Å². The average Bonchev–Trinajstić information content (AvgIpc) is 3.22. The van der Waals surface area contributed by atoms with Crippen molar-refractivity contribution in [3.63, 3.8) is 0 Å². The fraction of sp³-hybridized carbons (Fsp3) is 1.00. The Balaban J connectivity index is 1.16. The van der Waals surface area contributed by atoms with Gasteiger partial charge < -0.3 is 52.3 Å². The third-order valence-corrected chi connectivity index (χ3v) is 5.38. The standard InChI is InChI=1S/C12H16B2O11/c15-5-7-3-1-17-11(19-3)9(5)23-13(21-7)25-14-22-8-4-2-18-12(20-4)10(24-14)6(8)16/h3-12,15-16H,1-2H2/t3-,4+,5-,6-,7?,8?,9?,10?,11?,12?/m0/s1. The summed E-state index contributed by atoms with van der Waals surface area (Å²) in [4.78, 5) is 0. The summed E-state index contributed by atoms with van der Waals surface area (Å²) >= 11 is 0. The predicted molar refractivity (Wildman–Crippen MR) is 73.3 cm³/mol. The first kappa shape index (κ1) is 15.7. The van der Waals surface area contributed by atoms with Crippen LogP contribution in [0.3, 0.4) is 0 Å². The van der Waals surface area contributed by atoms with Crippen molar-refractivity contribution in [1.29, 1.82) is 0 Å². The third kappa shape index (κ3) is 2.29. The van der Waals surface area contributed by atoms with Crippen molar-refractivity contribution < 1.29 is 52.3 Å². The molecule has 13 heteroatoms. The number of aliphatic hydroxyl groups is 2. The maximum Gasteiger partial charge on any atom is 0.628 e. The lowest BCUT2D eigenvalue weighted by Crippen LogP contribution is -2.67. The summed E-state index contributed by atoms with van der Waals surface area (Å²) in [6.07, 6.45) is -6.49. The van der Waals surface area contributed by atoms with Crippen LogP contribution in [0.5, 0.6) is 0 Å². The lowest BCUT2D eigenvalue weighted by Gasteiger charge is -2.46. The van der Waals surface area contributed by atoms with Gasteiger partial charge in [-0.3, -0.25) is 0 Å². The van der Waals surface area contributed by atoms with Crippen molar-refractivity contribution in [3.8, 4) is 0 Å². The van der Waals surface area contributed by atoms with Crippen LogP contribution < -0.4 is 0 Å². The van der Waals surface area contributed by atoms with Gasteiger partial charge in [0.2, 0.25) is 0 Å². The van der Waals surface area contributed by atoms with E-state index in [1.54, 1.807) is 0 Å². The lowest BCUT2D eigenvalue weighted by molar-refractivity contribution is -0.262. The first-order chi connectivity index (χ1) is 12.2. The van der Waals surface area contributed by atoms with Crippen molar-refractivity contribution in [3.05, 3.63) is 0 Å². The molecule has 6 aliphatic heterocycles. The first-order valence-corrected chi connectivity index (χ1v) is 8.35. The van der Waals surface area contributed by atoms with Gasteiger partial charge in [-0.2, -0.15) is 0 Å². The van der Waals surface area contributed by atoms with Crippen molar-refractivity contribution in [2.45, 2.75) is 61.4 Å². The fourth-order valence-corrected chi connectivity index (χ4v) is 4.13.